The highest BCUT2D eigenvalue weighted by atomic mass is 35.5. The molecule has 2 aromatic rings. The predicted octanol–water partition coefficient (Wildman–Crippen LogP) is 2.79. The van der Waals surface area contributed by atoms with Crippen molar-refractivity contribution in [2.24, 2.45) is 0 Å². The number of hydrogen-bond acceptors (Lipinski definition) is 3. The van der Waals surface area contributed by atoms with Gasteiger partial charge in [0.15, 0.2) is 4.77 Å². The number of aromatic amines is 1. The molecule has 1 N–H and O–H groups in total. The van der Waals surface area contributed by atoms with Crippen LogP contribution in [0.5, 0.6) is 0 Å². The van der Waals surface area contributed by atoms with E-state index in [-0.39, 0.29) is 5.75 Å². The van der Waals surface area contributed by atoms with E-state index in [0.29, 0.717) is 22.8 Å². The summed E-state index contributed by atoms with van der Waals surface area (Å²) in [6.45, 7) is 0.562. The zero-order valence-corrected chi connectivity index (χ0v) is 12.2. The number of sulfone groups is 1. The highest BCUT2D eigenvalue weighted by molar-refractivity contribution is 7.90. The quantitative estimate of drug-likeness (QED) is 0.884. The van der Waals surface area contributed by atoms with Crippen LogP contribution in [0.3, 0.4) is 0 Å². The van der Waals surface area contributed by atoms with Crippen LogP contribution in [0.15, 0.2) is 18.2 Å². The molecule has 0 radical (unpaired) electrons. The second-order valence-corrected chi connectivity index (χ2v) is 7.25. The molecule has 1 aromatic heterocycles. The third-order valence-corrected chi connectivity index (χ3v) is 4.32. The van der Waals surface area contributed by atoms with Crippen molar-refractivity contribution in [3.05, 3.63) is 28.0 Å². The van der Waals surface area contributed by atoms with Crippen molar-refractivity contribution in [1.29, 1.82) is 0 Å². The molecule has 0 spiro atoms. The molecule has 0 unspecified atom stereocenters. The molecule has 0 atom stereocenters. The highest BCUT2D eigenvalue weighted by Gasteiger charge is 2.08. The number of rotatable bonds is 4. The second kappa shape index (κ2) is 5.03. The van der Waals surface area contributed by atoms with E-state index in [1.807, 2.05) is 16.7 Å². The van der Waals surface area contributed by atoms with E-state index in [1.165, 1.54) is 6.26 Å². The minimum absolute atomic E-state index is 0.155. The van der Waals surface area contributed by atoms with E-state index < -0.39 is 9.84 Å². The molecule has 2 rings (SSSR count). The van der Waals surface area contributed by atoms with Gasteiger partial charge in [-0.3, -0.25) is 0 Å². The molecule has 18 heavy (non-hydrogen) atoms. The number of nitrogens with one attached hydrogen (secondary N) is 1. The Balaban J connectivity index is 2.31. The largest absolute Gasteiger partial charge is 0.329 e. The molecule has 0 amide bonds. The molecule has 1 aromatic carbocycles. The van der Waals surface area contributed by atoms with Crippen LogP contribution in [0.4, 0.5) is 0 Å². The maximum atomic E-state index is 11.1. The first-order valence-electron chi connectivity index (χ1n) is 5.43. The smallest absolute Gasteiger partial charge is 0.178 e. The molecule has 0 saturated carbocycles. The number of halogens is 1. The number of nitrogens with zero attached hydrogens (tertiary/aromatic N) is 1. The number of H-pyrrole nitrogens is 1. The number of fused-ring (bicyclic) bond motifs is 1. The number of aromatic nitrogens is 2. The molecule has 0 aliphatic heterocycles. The Morgan fingerprint density at radius 1 is 1.44 bits per heavy atom. The molecule has 0 saturated heterocycles. The third-order valence-electron chi connectivity index (χ3n) is 2.66. The van der Waals surface area contributed by atoms with Gasteiger partial charge < -0.3 is 9.55 Å². The van der Waals surface area contributed by atoms with Gasteiger partial charge >= 0.3 is 0 Å². The van der Waals surface area contributed by atoms with Crippen molar-refractivity contribution in [2.45, 2.75) is 13.0 Å². The third kappa shape index (κ3) is 2.93. The monoisotopic (exact) mass is 304 g/mol. The van der Waals surface area contributed by atoms with Gasteiger partial charge in [-0.15, -0.1) is 0 Å². The fourth-order valence-electron chi connectivity index (χ4n) is 1.85. The SMILES string of the molecule is CS(=O)(=O)CCCn1c(=S)[nH]c2c(Cl)cccc21. The highest BCUT2D eigenvalue weighted by Crippen LogP contribution is 2.22. The Bertz CT molecular complexity index is 731. The minimum atomic E-state index is -2.94. The van der Waals surface area contributed by atoms with Crippen molar-refractivity contribution >= 4 is 44.7 Å². The molecule has 0 bridgehead atoms. The van der Waals surface area contributed by atoms with Gasteiger partial charge in [-0.1, -0.05) is 17.7 Å². The standard InChI is InChI=1S/C11H13ClN2O2S2/c1-18(15,16)7-3-6-14-9-5-2-4-8(12)10(9)13-11(14)17/h2,4-5H,3,6-7H2,1H3,(H,13,17). The van der Waals surface area contributed by atoms with E-state index in [4.69, 9.17) is 23.8 Å². The summed E-state index contributed by atoms with van der Waals surface area (Å²) in [5, 5.41) is 0.612. The fraction of sp³-hybridized carbons (Fsp3) is 0.364. The molecule has 1 heterocycles. The van der Waals surface area contributed by atoms with Gasteiger partial charge in [0, 0.05) is 12.8 Å². The molecule has 7 heteroatoms. The van der Waals surface area contributed by atoms with Crippen LogP contribution in [-0.2, 0) is 16.4 Å². The van der Waals surface area contributed by atoms with E-state index in [1.54, 1.807) is 6.07 Å². The van der Waals surface area contributed by atoms with Crippen LogP contribution in [-0.4, -0.2) is 30.0 Å². The van der Waals surface area contributed by atoms with Gasteiger partial charge in [-0.25, -0.2) is 8.42 Å². The summed E-state index contributed by atoms with van der Waals surface area (Å²) in [5.74, 6) is 0.155. The maximum Gasteiger partial charge on any atom is 0.178 e. The van der Waals surface area contributed by atoms with Gasteiger partial charge in [0.1, 0.15) is 9.84 Å². The zero-order chi connectivity index (χ0) is 13.3. The Kier molecular flexibility index (Phi) is 3.79. The topological polar surface area (TPSA) is 54.9 Å². The lowest BCUT2D eigenvalue weighted by Crippen LogP contribution is -2.07. The van der Waals surface area contributed by atoms with Crippen LogP contribution in [0.2, 0.25) is 5.02 Å². The average molecular weight is 305 g/mol. The Labute approximate surface area is 115 Å². The van der Waals surface area contributed by atoms with E-state index in [0.717, 1.165) is 11.0 Å². The number of imidazole rings is 1. The fourth-order valence-corrected chi connectivity index (χ4v) is 3.01. The predicted molar refractivity (Wildman–Crippen MR) is 76.5 cm³/mol. The van der Waals surface area contributed by atoms with Gasteiger partial charge in [0.05, 0.1) is 21.8 Å². The van der Waals surface area contributed by atoms with Gasteiger partial charge in [0.25, 0.3) is 0 Å². The molecule has 4 nitrogen and oxygen atoms in total. The summed E-state index contributed by atoms with van der Waals surface area (Å²) in [6, 6.07) is 5.55. The first-order chi connectivity index (χ1) is 8.38. The maximum absolute atomic E-state index is 11.1. The lowest BCUT2D eigenvalue weighted by atomic mass is 10.3. The van der Waals surface area contributed by atoms with Gasteiger partial charge in [-0.05, 0) is 30.8 Å². The van der Waals surface area contributed by atoms with Crippen LogP contribution >= 0.6 is 23.8 Å². The van der Waals surface area contributed by atoms with Crippen LogP contribution in [0, 0.1) is 4.77 Å². The second-order valence-electron chi connectivity index (χ2n) is 4.20. The molecule has 98 valence electrons. The van der Waals surface area contributed by atoms with E-state index in [9.17, 15) is 8.42 Å². The van der Waals surface area contributed by atoms with Crippen LogP contribution in [0.1, 0.15) is 6.42 Å². The van der Waals surface area contributed by atoms with Crippen molar-refractivity contribution in [1.82, 2.24) is 9.55 Å². The Morgan fingerprint density at radius 2 is 2.17 bits per heavy atom. The number of hydrogen-bond donors (Lipinski definition) is 1. The number of benzene rings is 1. The van der Waals surface area contributed by atoms with Crippen molar-refractivity contribution < 1.29 is 8.42 Å². The molecule has 0 fully saturated rings. The Hall–Kier alpha value is -0.850. The van der Waals surface area contributed by atoms with Crippen LogP contribution in [0.25, 0.3) is 11.0 Å². The normalized spacial score (nSPS) is 12.1. The summed E-state index contributed by atoms with van der Waals surface area (Å²) in [7, 11) is -2.94. The van der Waals surface area contributed by atoms with Gasteiger partial charge in [0.2, 0.25) is 0 Å². The molecular weight excluding hydrogens is 292 g/mol. The molecule has 0 aliphatic carbocycles. The van der Waals surface area contributed by atoms with Crippen molar-refractivity contribution in [3.63, 3.8) is 0 Å². The number of para-hydroxylation sites is 1. The van der Waals surface area contributed by atoms with E-state index in [2.05, 4.69) is 4.98 Å². The first kappa shape index (κ1) is 13.6. The summed E-state index contributed by atoms with van der Waals surface area (Å²) < 4.78 is 24.6. The van der Waals surface area contributed by atoms with Crippen molar-refractivity contribution in [2.75, 3.05) is 12.0 Å². The molecule has 0 aliphatic rings. The summed E-state index contributed by atoms with van der Waals surface area (Å²) in [6.07, 6.45) is 1.77. The van der Waals surface area contributed by atoms with Crippen molar-refractivity contribution in [3.8, 4) is 0 Å². The summed E-state index contributed by atoms with van der Waals surface area (Å²) in [4.78, 5) is 3.04. The lowest BCUT2D eigenvalue weighted by molar-refractivity contribution is 0.592. The Morgan fingerprint density at radius 3 is 2.83 bits per heavy atom. The molecular formula is C11H13ClN2O2S2. The van der Waals surface area contributed by atoms with Gasteiger partial charge in [-0.2, -0.15) is 0 Å². The summed E-state index contributed by atoms with van der Waals surface area (Å²) in [5.41, 5.74) is 1.70. The first-order valence-corrected chi connectivity index (χ1v) is 8.28. The van der Waals surface area contributed by atoms with E-state index >= 15 is 0 Å². The van der Waals surface area contributed by atoms with Crippen LogP contribution < -0.4 is 0 Å². The zero-order valence-electron chi connectivity index (χ0n) is 9.81. The minimum Gasteiger partial charge on any atom is -0.329 e. The summed E-state index contributed by atoms with van der Waals surface area (Å²) >= 11 is 11.3. The average Bonchev–Trinajstić information content (AvgIpc) is 2.56. The lowest BCUT2D eigenvalue weighted by Gasteiger charge is -2.03. The number of aryl methyl sites for hydroxylation is 1.